The lowest BCUT2D eigenvalue weighted by Gasteiger charge is -2.29. The van der Waals surface area contributed by atoms with Crippen molar-refractivity contribution in [1.82, 2.24) is 0 Å². The number of aromatic hydroxyl groups is 3. The Morgan fingerprint density at radius 1 is 0.800 bits per heavy atom. The smallest absolute Gasteiger partial charge is 0.204 e. The second-order valence-electron chi connectivity index (χ2n) is 8.67. The average Bonchev–Trinajstić information content (AvgIpc) is 2.66. The minimum atomic E-state index is -0.727. The van der Waals surface area contributed by atoms with E-state index in [9.17, 15) is 20.1 Å². The Morgan fingerprint density at radius 2 is 1.40 bits per heavy atom. The van der Waals surface area contributed by atoms with Crippen LogP contribution in [-0.4, -0.2) is 26.5 Å². The van der Waals surface area contributed by atoms with Crippen molar-refractivity contribution in [2.45, 2.75) is 38.9 Å². The van der Waals surface area contributed by atoms with Crippen molar-refractivity contribution in [2.24, 2.45) is 0 Å². The van der Waals surface area contributed by atoms with E-state index in [1.807, 2.05) is 19.9 Å². The van der Waals surface area contributed by atoms with Gasteiger partial charge in [-0.3, -0.25) is 4.79 Å². The highest BCUT2D eigenvalue weighted by molar-refractivity contribution is 6.03. The average molecular weight is 408 g/mol. The highest BCUT2D eigenvalue weighted by Crippen LogP contribution is 2.50. The summed E-state index contributed by atoms with van der Waals surface area (Å²) in [4.78, 5) is 13.3. The minimum Gasteiger partial charge on any atom is -0.506 e. The van der Waals surface area contributed by atoms with Gasteiger partial charge in [0.15, 0.2) is 22.7 Å². The quantitative estimate of drug-likeness (QED) is 0.373. The monoisotopic (exact) mass is 408 g/mol. The van der Waals surface area contributed by atoms with Crippen LogP contribution in [0.2, 0.25) is 0 Å². The number of ether oxygens (including phenoxy) is 2. The first-order valence-electron chi connectivity index (χ1n) is 9.50. The first-order chi connectivity index (χ1) is 14.0. The molecule has 30 heavy (non-hydrogen) atoms. The highest BCUT2D eigenvalue weighted by Gasteiger charge is 2.32. The van der Waals surface area contributed by atoms with E-state index < -0.39 is 22.4 Å². The molecule has 2 aromatic carbocycles. The topological polar surface area (TPSA) is 109 Å². The molecular weight excluding hydrogens is 388 g/mol. The van der Waals surface area contributed by atoms with Crippen molar-refractivity contribution in [1.29, 1.82) is 0 Å². The van der Waals surface area contributed by atoms with Crippen molar-refractivity contribution in [2.75, 3.05) is 0 Å². The summed E-state index contributed by atoms with van der Waals surface area (Å²) >= 11 is 0. The fourth-order valence-corrected chi connectivity index (χ4v) is 3.83. The van der Waals surface area contributed by atoms with E-state index in [0.717, 1.165) is 0 Å². The summed E-state index contributed by atoms with van der Waals surface area (Å²) in [6.45, 7) is 7.23. The van der Waals surface area contributed by atoms with E-state index in [2.05, 4.69) is 0 Å². The van der Waals surface area contributed by atoms with E-state index in [1.165, 1.54) is 6.07 Å². The number of fused-ring (bicyclic) bond motifs is 4. The van der Waals surface area contributed by atoms with Crippen molar-refractivity contribution in [3.63, 3.8) is 0 Å². The minimum absolute atomic E-state index is 0.00719. The van der Waals surface area contributed by atoms with Crippen LogP contribution in [0.4, 0.5) is 0 Å². The second kappa shape index (κ2) is 5.50. The molecule has 0 fully saturated rings. The third-order valence-corrected chi connectivity index (χ3v) is 5.35. The highest BCUT2D eigenvalue weighted by atomic mass is 16.5. The molecule has 0 saturated heterocycles. The zero-order chi connectivity index (χ0) is 21.6. The van der Waals surface area contributed by atoms with E-state index in [1.54, 1.807) is 32.1 Å². The number of hydrogen-bond acceptors (Lipinski definition) is 7. The summed E-state index contributed by atoms with van der Waals surface area (Å²) in [6, 6.07) is 1.53. The van der Waals surface area contributed by atoms with Gasteiger partial charge in [0.25, 0.3) is 0 Å². The molecular formula is C23H20O7. The summed E-state index contributed by atoms with van der Waals surface area (Å²) in [7, 11) is 0. The van der Waals surface area contributed by atoms with Gasteiger partial charge in [0.2, 0.25) is 16.9 Å². The predicted octanol–water partition coefficient (Wildman–Crippen LogP) is 4.43. The van der Waals surface area contributed by atoms with Crippen LogP contribution in [0.5, 0.6) is 28.7 Å². The first kappa shape index (κ1) is 18.4. The number of benzene rings is 2. The van der Waals surface area contributed by atoms with Gasteiger partial charge in [0.05, 0.1) is 10.9 Å². The van der Waals surface area contributed by atoms with Crippen LogP contribution < -0.4 is 14.9 Å². The van der Waals surface area contributed by atoms with E-state index in [4.69, 9.17) is 13.9 Å². The molecule has 3 heterocycles. The number of rotatable bonds is 0. The molecule has 0 spiro atoms. The Hall–Kier alpha value is -3.61. The molecule has 3 N–H and O–H groups in total. The molecule has 0 radical (unpaired) electrons. The zero-order valence-electron chi connectivity index (χ0n) is 16.9. The molecule has 3 aromatic rings. The molecule has 1 aromatic heterocycles. The Morgan fingerprint density at radius 3 is 2.10 bits per heavy atom. The van der Waals surface area contributed by atoms with Gasteiger partial charge in [-0.25, -0.2) is 0 Å². The normalized spacial score (nSPS) is 18.0. The largest absolute Gasteiger partial charge is 0.506 e. The molecule has 154 valence electrons. The molecule has 0 atom stereocenters. The summed E-state index contributed by atoms with van der Waals surface area (Å²) in [5, 5.41) is 32.3. The van der Waals surface area contributed by atoms with E-state index >= 15 is 0 Å². The molecule has 0 saturated carbocycles. The first-order valence-corrected chi connectivity index (χ1v) is 9.50. The molecule has 2 aliphatic rings. The zero-order valence-corrected chi connectivity index (χ0v) is 16.9. The maximum absolute atomic E-state index is 13.3. The predicted molar refractivity (Wildman–Crippen MR) is 112 cm³/mol. The lowest BCUT2D eigenvalue weighted by Crippen LogP contribution is -2.28. The Labute approximate surface area is 171 Å². The molecule has 7 nitrogen and oxygen atoms in total. The maximum Gasteiger partial charge on any atom is 0.204 e. The SMILES string of the molecule is CC1(C)C=Cc2cc3c(=O)c4c(O)c5c(c(O)c4oc3c(O)c2O1)OC(C)(C)C=C5. The van der Waals surface area contributed by atoms with Crippen LogP contribution in [0.3, 0.4) is 0 Å². The summed E-state index contributed by atoms with van der Waals surface area (Å²) in [6.07, 6.45) is 6.88. The summed E-state index contributed by atoms with van der Waals surface area (Å²) in [5.41, 5.74) is -1.67. The third kappa shape index (κ3) is 2.41. The molecule has 0 unspecified atom stereocenters. The molecule has 7 heteroatoms. The van der Waals surface area contributed by atoms with Gasteiger partial charge in [-0.2, -0.15) is 0 Å². The molecule has 5 rings (SSSR count). The van der Waals surface area contributed by atoms with Crippen molar-refractivity contribution < 1.29 is 29.2 Å². The standard InChI is InChI=1S/C23H20O7/c1-22(2)7-5-10-9-12-15(25)13-14(24)11-6-8-23(3,4)30-20(11)17(27)21(13)28-19(12)16(26)18(10)29-22/h5-9,24,26-27H,1-4H3. The molecule has 0 aliphatic carbocycles. The van der Waals surface area contributed by atoms with Gasteiger partial charge in [-0.05, 0) is 52.0 Å². The van der Waals surface area contributed by atoms with E-state index in [-0.39, 0.29) is 50.5 Å². The third-order valence-electron chi connectivity index (χ3n) is 5.35. The van der Waals surface area contributed by atoms with Crippen molar-refractivity contribution in [3.8, 4) is 28.7 Å². The van der Waals surface area contributed by atoms with Crippen molar-refractivity contribution >= 4 is 34.1 Å². The molecule has 2 aliphatic heterocycles. The number of hydrogen-bond donors (Lipinski definition) is 3. The van der Waals surface area contributed by atoms with Gasteiger partial charge < -0.3 is 29.2 Å². The summed E-state index contributed by atoms with van der Waals surface area (Å²) in [5.74, 6) is -0.943. The summed E-state index contributed by atoms with van der Waals surface area (Å²) < 4.78 is 17.4. The maximum atomic E-state index is 13.3. The Bertz CT molecular complexity index is 1390. The lowest BCUT2D eigenvalue weighted by molar-refractivity contribution is 0.152. The molecule has 0 amide bonds. The fraction of sp³-hybridized carbons (Fsp3) is 0.261. The van der Waals surface area contributed by atoms with Crippen LogP contribution in [0.25, 0.3) is 34.1 Å². The van der Waals surface area contributed by atoms with Gasteiger partial charge in [0, 0.05) is 5.56 Å². The van der Waals surface area contributed by atoms with Crippen LogP contribution >= 0.6 is 0 Å². The second-order valence-corrected chi connectivity index (χ2v) is 8.67. The number of phenols is 3. The van der Waals surface area contributed by atoms with Gasteiger partial charge in [-0.1, -0.05) is 6.08 Å². The van der Waals surface area contributed by atoms with Crippen LogP contribution in [0, 0.1) is 0 Å². The lowest BCUT2D eigenvalue weighted by atomic mass is 9.97. The van der Waals surface area contributed by atoms with Crippen LogP contribution in [0.1, 0.15) is 38.8 Å². The van der Waals surface area contributed by atoms with Gasteiger partial charge >= 0.3 is 0 Å². The van der Waals surface area contributed by atoms with Crippen molar-refractivity contribution in [3.05, 3.63) is 39.6 Å². The van der Waals surface area contributed by atoms with Gasteiger partial charge in [-0.15, -0.1) is 0 Å². The Balaban J connectivity index is 1.91. The van der Waals surface area contributed by atoms with Crippen LogP contribution in [0.15, 0.2) is 27.4 Å². The van der Waals surface area contributed by atoms with Gasteiger partial charge in [0.1, 0.15) is 22.3 Å². The van der Waals surface area contributed by atoms with E-state index in [0.29, 0.717) is 5.56 Å². The Kier molecular flexibility index (Phi) is 3.38. The fourth-order valence-electron chi connectivity index (χ4n) is 3.83. The number of phenolic OH excluding ortho intramolecular Hbond substituents is 3. The van der Waals surface area contributed by atoms with Crippen LogP contribution in [-0.2, 0) is 0 Å². The molecule has 0 bridgehead atoms.